The summed E-state index contributed by atoms with van der Waals surface area (Å²) in [4.78, 5) is 17.9. The molecule has 0 aliphatic rings. The fourth-order valence-corrected chi connectivity index (χ4v) is 6.45. The summed E-state index contributed by atoms with van der Waals surface area (Å²) < 4.78 is 41.4. The summed E-state index contributed by atoms with van der Waals surface area (Å²) in [7, 11) is 0. The lowest BCUT2D eigenvalue weighted by molar-refractivity contribution is -0.136. The second-order valence-electron chi connectivity index (χ2n) is 9.18. The van der Waals surface area contributed by atoms with Crippen molar-refractivity contribution in [2.24, 2.45) is 0 Å². The minimum Gasteiger partial charge on any atom is -0.334 e. The molecule has 3 aromatic carbocycles. The van der Waals surface area contributed by atoms with E-state index in [9.17, 15) is 18.0 Å². The van der Waals surface area contributed by atoms with Crippen LogP contribution < -0.4 is 0 Å². The molecule has 202 valence electrons. The largest absolute Gasteiger partial charge is 0.417 e. The Morgan fingerprint density at radius 2 is 1.61 bits per heavy atom. The van der Waals surface area contributed by atoms with Crippen molar-refractivity contribution in [3.05, 3.63) is 80.6 Å². The monoisotopic (exact) mass is 580 g/mol. The number of rotatable bonds is 10. The van der Waals surface area contributed by atoms with Crippen molar-refractivity contribution in [1.29, 1.82) is 0 Å². The van der Waals surface area contributed by atoms with Crippen molar-refractivity contribution in [2.45, 2.75) is 39.4 Å². The topological polar surface area (TPSA) is 23.6 Å². The van der Waals surface area contributed by atoms with Crippen molar-refractivity contribution in [3.63, 3.8) is 0 Å². The molecular weight excluding hydrogens is 552 g/mol. The Hall–Kier alpha value is -2.32. The molecule has 4 rings (SSSR count). The molecule has 0 atom stereocenters. The van der Waals surface area contributed by atoms with Crippen molar-refractivity contribution in [3.8, 4) is 0 Å². The van der Waals surface area contributed by atoms with Crippen LogP contribution in [0, 0.1) is 0 Å². The quantitative estimate of drug-likeness (QED) is 0.174. The highest BCUT2D eigenvalue weighted by Crippen LogP contribution is 2.46. The van der Waals surface area contributed by atoms with Crippen LogP contribution in [0.25, 0.3) is 20.9 Å². The third kappa shape index (κ3) is 6.28. The Balaban J connectivity index is 1.67. The number of nitrogens with zero attached hydrogens (tertiary/aromatic N) is 2. The first kappa shape index (κ1) is 28.7. The maximum atomic E-state index is 13.8. The number of thiophene rings is 1. The van der Waals surface area contributed by atoms with Gasteiger partial charge in [0, 0.05) is 18.5 Å². The van der Waals surface area contributed by atoms with E-state index in [-0.39, 0.29) is 25.0 Å². The molecule has 3 nitrogen and oxygen atoms in total. The van der Waals surface area contributed by atoms with E-state index in [0.717, 1.165) is 66.2 Å². The van der Waals surface area contributed by atoms with Gasteiger partial charge in [0.2, 0.25) is 0 Å². The van der Waals surface area contributed by atoms with E-state index in [1.54, 1.807) is 4.90 Å². The SMILES string of the molecule is CCN(CC)CCCCN(Cc1ccc2ccccc2c1)C(=O)c1sc2c(Cl)ccc(C(F)(F)F)c2c1Cl. The molecule has 1 amide bonds. The smallest absolute Gasteiger partial charge is 0.334 e. The van der Waals surface area contributed by atoms with Gasteiger partial charge >= 0.3 is 6.18 Å². The second-order valence-corrected chi connectivity index (χ2v) is 11.0. The highest BCUT2D eigenvalue weighted by atomic mass is 35.5. The van der Waals surface area contributed by atoms with E-state index in [4.69, 9.17) is 23.2 Å². The van der Waals surface area contributed by atoms with Crippen LogP contribution in [0.5, 0.6) is 0 Å². The predicted octanol–water partition coefficient (Wildman–Crippen LogP) is 9.14. The molecule has 38 heavy (non-hydrogen) atoms. The number of benzene rings is 3. The average molecular weight is 582 g/mol. The predicted molar refractivity (Wildman–Crippen MR) is 153 cm³/mol. The van der Waals surface area contributed by atoms with Crippen molar-refractivity contribution in [1.82, 2.24) is 9.80 Å². The van der Waals surface area contributed by atoms with E-state index in [1.807, 2.05) is 42.5 Å². The molecule has 0 saturated carbocycles. The Labute approximate surface area is 234 Å². The summed E-state index contributed by atoms with van der Waals surface area (Å²) in [6.07, 6.45) is -2.97. The third-order valence-electron chi connectivity index (χ3n) is 6.75. The van der Waals surface area contributed by atoms with E-state index >= 15 is 0 Å². The summed E-state index contributed by atoms with van der Waals surface area (Å²) in [6.45, 7) is 7.83. The zero-order chi connectivity index (χ0) is 27.4. The van der Waals surface area contributed by atoms with Crippen LogP contribution in [-0.4, -0.2) is 41.9 Å². The van der Waals surface area contributed by atoms with E-state index in [2.05, 4.69) is 18.7 Å². The summed E-state index contributed by atoms with van der Waals surface area (Å²) >= 11 is 13.7. The first-order chi connectivity index (χ1) is 18.1. The van der Waals surface area contributed by atoms with Gasteiger partial charge in [-0.25, -0.2) is 0 Å². The maximum absolute atomic E-state index is 13.8. The van der Waals surface area contributed by atoms with Gasteiger partial charge in [-0.2, -0.15) is 13.2 Å². The lowest BCUT2D eigenvalue weighted by atomic mass is 10.1. The Morgan fingerprint density at radius 3 is 2.29 bits per heavy atom. The van der Waals surface area contributed by atoms with Gasteiger partial charge in [-0.15, -0.1) is 11.3 Å². The van der Waals surface area contributed by atoms with Crippen LogP contribution in [0.1, 0.15) is 47.5 Å². The fraction of sp³-hybridized carbons (Fsp3) is 0.345. The van der Waals surface area contributed by atoms with Gasteiger partial charge in [-0.1, -0.05) is 73.4 Å². The normalized spacial score (nSPS) is 12.1. The lowest BCUT2D eigenvalue weighted by Crippen LogP contribution is -2.32. The van der Waals surface area contributed by atoms with Crippen LogP contribution >= 0.6 is 34.5 Å². The number of carbonyl (C=O) groups is 1. The third-order valence-corrected chi connectivity index (χ3v) is 8.88. The second kappa shape index (κ2) is 12.2. The molecule has 0 saturated heterocycles. The Bertz CT molecular complexity index is 1430. The molecular formula is C29H29Cl2F3N2OS. The molecule has 0 aliphatic heterocycles. The van der Waals surface area contributed by atoms with Crippen LogP contribution in [0.3, 0.4) is 0 Å². The lowest BCUT2D eigenvalue weighted by Gasteiger charge is -2.24. The van der Waals surface area contributed by atoms with Gasteiger partial charge in [0.05, 0.1) is 20.3 Å². The van der Waals surface area contributed by atoms with Gasteiger partial charge in [-0.3, -0.25) is 4.79 Å². The molecule has 0 fully saturated rings. The Morgan fingerprint density at radius 1 is 0.921 bits per heavy atom. The number of amides is 1. The maximum Gasteiger partial charge on any atom is 0.417 e. The zero-order valence-electron chi connectivity index (χ0n) is 21.2. The Kier molecular flexibility index (Phi) is 9.24. The first-order valence-corrected chi connectivity index (χ1v) is 14.2. The van der Waals surface area contributed by atoms with Crippen molar-refractivity contribution >= 4 is 61.3 Å². The number of hydrogen-bond donors (Lipinski definition) is 0. The summed E-state index contributed by atoms with van der Waals surface area (Å²) in [5.41, 5.74) is 0.0459. The van der Waals surface area contributed by atoms with Gasteiger partial charge in [0.25, 0.3) is 5.91 Å². The van der Waals surface area contributed by atoms with Gasteiger partial charge in [0.15, 0.2) is 0 Å². The number of hydrogen-bond acceptors (Lipinski definition) is 3. The van der Waals surface area contributed by atoms with E-state index in [1.165, 1.54) is 6.07 Å². The zero-order valence-corrected chi connectivity index (χ0v) is 23.6. The number of fused-ring (bicyclic) bond motifs is 2. The summed E-state index contributed by atoms with van der Waals surface area (Å²) in [6, 6.07) is 16.1. The molecule has 0 radical (unpaired) electrons. The van der Waals surface area contributed by atoms with Crippen LogP contribution in [0.15, 0.2) is 54.6 Å². The first-order valence-electron chi connectivity index (χ1n) is 12.6. The molecule has 0 bridgehead atoms. The summed E-state index contributed by atoms with van der Waals surface area (Å²) in [5.74, 6) is -0.392. The number of carbonyl (C=O) groups excluding carboxylic acids is 1. The average Bonchev–Trinajstić information content (AvgIpc) is 3.25. The van der Waals surface area contributed by atoms with Crippen LogP contribution in [0.2, 0.25) is 10.0 Å². The molecule has 0 N–H and O–H groups in total. The van der Waals surface area contributed by atoms with Crippen LogP contribution in [0.4, 0.5) is 13.2 Å². The summed E-state index contributed by atoms with van der Waals surface area (Å²) in [5, 5.41) is 1.87. The number of halogens is 5. The van der Waals surface area contributed by atoms with E-state index in [0.29, 0.717) is 13.1 Å². The molecule has 0 spiro atoms. The van der Waals surface area contributed by atoms with Gasteiger partial charge in [0.1, 0.15) is 4.88 Å². The molecule has 0 unspecified atom stereocenters. The molecule has 1 heterocycles. The minimum absolute atomic E-state index is 0.0739. The van der Waals surface area contributed by atoms with Gasteiger partial charge in [-0.05, 0) is 67.0 Å². The highest BCUT2D eigenvalue weighted by Gasteiger charge is 2.36. The number of unbranched alkanes of at least 4 members (excludes halogenated alkanes) is 1. The van der Waals surface area contributed by atoms with Crippen LogP contribution in [-0.2, 0) is 12.7 Å². The highest BCUT2D eigenvalue weighted by molar-refractivity contribution is 7.22. The standard InChI is InChI=1S/C29H29Cl2F3N2OS/c1-3-35(4-2)15-7-8-16-36(18-19-11-12-20-9-5-6-10-21(20)17-19)28(37)27-25(31)24-22(29(32,33)34)13-14-23(30)26(24)38-27/h5-6,9-14,17H,3-4,7-8,15-16,18H2,1-2H3. The molecule has 4 aromatic rings. The molecule has 9 heteroatoms. The van der Waals surface area contributed by atoms with Crippen molar-refractivity contribution in [2.75, 3.05) is 26.2 Å². The fourth-order valence-electron chi connectivity index (χ4n) is 4.64. The molecule has 0 aliphatic carbocycles. The minimum atomic E-state index is -4.62. The molecule has 1 aromatic heterocycles. The van der Waals surface area contributed by atoms with Gasteiger partial charge < -0.3 is 9.80 Å². The van der Waals surface area contributed by atoms with Crippen molar-refractivity contribution < 1.29 is 18.0 Å². The number of alkyl halides is 3. The van der Waals surface area contributed by atoms with E-state index < -0.39 is 17.6 Å².